The molecule has 7 heteroatoms. The number of hydrogen-bond donors (Lipinski definition) is 0. The average Bonchev–Trinajstić information content (AvgIpc) is 2.96. The van der Waals surface area contributed by atoms with E-state index in [0.717, 1.165) is 38.5 Å². The normalized spacial score (nSPS) is 27.3. The Morgan fingerprint density at radius 3 is 2.33 bits per heavy atom. The highest BCUT2D eigenvalue weighted by Gasteiger charge is 2.32. The Hall–Kier alpha value is -0.920. The molecule has 1 atom stereocenters. The summed E-state index contributed by atoms with van der Waals surface area (Å²) in [6.07, 6.45) is 10.7. The maximum Gasteiger partial charge on any atom is 0.282 e. The van der Waals surface area contributed by atoms with Crippen molar-refractivity contribution in [3.63, 3.8) is 0 Å². The summed E-state index contributed by atoms with van der Waals surface area (Å²) in [5, 5.41) is 0. The lowest BCUT2D eigenvalue weighted by molar-refractivity contribution is -0.131. The standard InChI is InChI=1S/C17H29N3O3S/c21-17(15-16-7-2-3-8-16)18-9-6-12-20(14-13-18)24(22,23)19-10-4-1-5-11-19/h2,7,16H,1,3-6,8-15H2. The molecule has 0 saturated carbocycles. The number of rotatable bonds is 4. The minimum Gasteiger partial charge on any atom is -0.341 e. The highest BCUT2D eigenvalue weighted by molar-refractivity contribution is 7.86. The van der Waals surface area contributed by atoms with Crippen LogP contribution in [-0.2, 0) is 15.0 Å². The first-order valence-corrected chi connectivity index (χ1v) is 10.7. The summed E-state index contributed by atoms with van der Waals surface area (Å²) in [7, 11) is -3.36. The summed E-state index contributed by atoms with van der Waals surface area (Å²) < 4.78 is 28.8. The van der Waals surface area contributed by atoms with Crippen molar-refractivity contribution in [2.75, 3.05) is 39.3 Å². The monoisotopic (exact) mass is 355 g/mol. The summed E-state index contributed by atoms with van der Waals surface area (Å²) in [6.45, 7) is 3.39. The molecule has 0 aromatic heterocycles. The molecule has 0 aromatic rings. The van der Waals surface area contributed by atoms with Crippen LogP contribution >= 0.6 is 0 Å². The second kappa shape index (κ2) is 7.97. The molecular weight excluding hydrogens is 326 g/mol. The lowest BCUT2D eigenvalue weighted by Gasteiger charge is -2.31. The van der Waals surface area contributed by atoms with Crippen LogP contribution in [-0.4, -0.2) is 67.1 Å². The van der Waals surface area contributed by atoms with Gasteiger partial charge in [-0.2, -0.15) is 17.0 Å². The molecule has 2 heterocycles. The van der Waals surface area contributed by atoms with E-state index in [2.05, 4.69) is 12.2 Å². The van der Waals surface area contributed by atoms with Crippen molar-refractivity contribution < 1.29 is 13.2 Å². The Morgan fingerprint density at radius 2 is 1.62 bits per heavy atom. The third-order valence-electron chi connectivity index (χ3n) is 5.32. The molecule has 3 rings (SSSR count). The maximum atomic E-state index is 12.8. The van der Waals surface area contributed by atoms with Crippen molar-refractivity contribution in [2.45, 2.75) is 44.9 Å². The Kier molecular flexibility index (Phi) is 5.94. The van der Waals surface area contributed by atoms with Gasteiger partial charge in [-0.25, -0.2) is 0 Å². The van der Waals surface area contributed by atoms with Gasteiger partial charge in [0, 0.05) is 45.7 Å². The molecule has 0 aromatic carbocycles. The van der Waals surface area contributed by atoms with Crippen LogP contribution in [0, 0.1) is 5.92 Å². The summed E-state index contributed by atoms with van der Waals surface area (Å²) in [5.74, 6) is 0.540. The van der Waals surface area contributed by atoms with E-state index < -0.39 is 10.2 Å². The molecule has 0 radical (unpaired) electrons. The summed E-state index contributed by atoms with van der Waals surface area (Å²) in [5.41, 5.74) is 0. The molecule has 1 aliphatic carbocycles. The van der Waals surface area contributed by atoms with Crippen LogP contribution in [0.15, 0.2) is 12.2 Å². The van der Waals surface area contributed by atoms with E-state index in [9.17, 15) is 13.2 Å². The van der Waals surface area contributed by atoms with Gasteiger partial charge in [0.15, 0.2) is 0 Å². The van der Waals surface area contributed by atoms with Crippen LogP contribution in [0.25, 0.3) is 0 Å². The molecule has 0 N–H and O–H groups in total. The van der Waals surface area contributed by atoms with E-state index in [1.807, 2.05) is 4.90 Å². The molecule has 3 aliphatic rings. The van der Waals surface area contributed by atoms with Gasteiger partial charge in [0.1, 0.15) is 0 Å². The lowest BCUT2D eigenvalue weighted by Crippen LogP contribution is -2.47. The van der Waals surface area contributed by atoms with Crippen LogP contribution in [0.4, 0.5) is 0 Å². The smallest absolute Gasteiger partial charge is 0.282 e. The minimum atomic E-state index is -3.36. The van der Waals surface area contributed by atoms with Crippen LogP contribution in [0.2, 0.25) is 0 Å². The van der Waals surface area contributed by atoms with E-state index in [0.29, 0.717) is 51.6 Å². The second-order valence-electron chi connectivity index (χ2n) is 7.07. The molecule has 6 nitrogen and oxygen atoms in total. The van der Waals surface area contributed by atoms with E-state index in [4.69, 9.17) is 0 Å². The Bertz CT molecular complexity index is 570. The summed E-state index contributed by atoms with van der Waals surface area (Å²) >= 11 is 0. The highest BCUT2D eigenvalue weighted by atomic mass is 32.2. The SMILES string of the molecule is O=C(CC1C=CCC1)N1CCCN(S(=O)(=O)N2CCCCC2)CC1. The van der Waals surface area contributed by atoms with Crippen molar-refractivity contribution >= 4 is 16.1 Å². The van der Waals surface area contributed by atoms with E-state index in [-0.39, 0.29) is 5.91 Å². The number of carbonyl (C=O) groups excluding carboxylic acids is 1. The van der Waals surface area contributed by atoms with Crippen molar-refractivity contribution in [3.05, 3.63) is 12.2 Å². The largest absolute Gasteiger partial charge is 0.341 e. The van der Waals surface area contributed by atoms with Crippen LogP contribution in [0.1, 0.15) is 44.9 Å². The second-order valence-corrected chi connectivity index (χ2v) is 9.00. The van der Waals surface area contributed by atoms with Crippen molar-refractivity contribution in [1.82, 2.24) is 13.5 Å². The fourth-order valence-corrected chi connectivity index (χ4v) is 5.57. The molecule has 24 heavy (non-hydrogen) atoms. The van der Waals surface area contributed by atoms with Gasteiger partial charge in [0.2, 0.25) is 5.91 Å². The third kappa shape index (κ3) is 4.18. The average molecular weight is 356 g/mol. The quantitative estimate of drug-likeness (QED) is 0.720. The fraction of sp³-hybridized carbons (Fsp3) is 0.824. The first-order chi connectivity index (χ1) is 11.6. The zero-order valence-electron chi connectivity index (χ0n) is 14.4. The molecule has 1 amide bonds. The van der Waals surface area contributed by atoms with Gasteiger partial charge < -0.3 is 4.90 Å². The maximum absolute atomic E-state index is 12.8. The first kappa shape index (κ1) is 17.9. The summed E-state index contributed by atoms with van der Waals surface area (Å²) in [4.78, 5) is 14.3. The predicted molar refractivity (Wildman–Crippen MR) is 93.6 cm³/mol. The van der Waals surface area contributed by atoms with Gasteiger partial charge in [-0.15, -0.1) is 0 Å². The topological polar surface area (TPSA) is 60.9 Å². The number of piperidine rings is 1. The molecule has 1 unspecified atom stereocenters. The zero-order chi connectivity index (χ0) is 17.0. The van der Waals surface area contributed by atoms with Gasteiger partial charge in [-0.1, -0.05) is 18.6 Å². The van der Waals surface area contributed by atoms with E-state index in [1.54, 1.807) is 8.61 Å². The van der Waals surface area contributed by atoms with E-state index >= 15 is 0 Å². The van der Waals surface area contributed by atoms with Gasteiger partial charge in [0.25, 0.3) is 10.2 Å². The van der Waals surface area contributed by atoms with Crippen LogP contribution in [0.5, 0.6) is 0 Å². The first-order valence-electron chi connectivity index (χ1n) is 9.27. The molecule has 2 saturated heterocycles. The van der Waals surface area contributed by atoms with Gasteiger partial charge in [0.05, 0.1) is 0 Å². The fourth-order valence-electron chi connectivity index (χ4n) is 3.85. The van der Waals surface area contributed by atoms with Gasteiger partial charge >= 0.3 is 0 Å². The van der Waals surface area contributed by atoms with Gasteiger partial charge in [-0.3, -0.25) is 4.79 Å². The number of nitrogens with zero attached hydrogens (tertiary/aromatic N) is 3. The lowest BCUT2D eigenvalue weighted by atomic mass is 10.0. The predicted octanol–water partition coefficient (Wildman–Crippen LogP) is 1.61. The van der Waals surface area contributed by atoms with Crippen molar-refractivity contribution in [1.29, 1.82) is 0 Å². The Morgan fingerprint density at radius 1 is 0.917 bits per heavy atom. The van der Waals surface area contributed by atoms with Crippen LogP contribution < -0.4 is 0 Å². The molecular formula is C17H29N3O3S. The van der Waals surface area contributed by atoms with Crippen molar-refractivity contribution in [2.24, 2.45) is 5.92 Å². The number of amides is 1. The van der Waals surface area contributed by atoms with E-state index in [1.165, 1.54) is 0 Å². The zero-order valence-corrected chi connectivity index (χ0v) is 15.2. The minimum absolute atomic E-state index is 0.170. The van der Waals surface area contributed by atoms with Crippen molar-refractivity contribution in [3.8, 4) is 0 Å². The number of carbonyl (C=O) groups is 1. The number of allylic oxidation sites excluding steroid dienone is 2. The number of hydrogen-bond acceptors (Lipinski definition) is 3. The molecule has 2 fully saturated rings. The molecule has 0 bridgehead atoms. The highest BCUT2D eigenvalue weighted by Crippen LogP contribution is 2.22. The molecule has 136 valence electrons. The third-order valence-corrected chi connectivity index (χ3v) is 7.36. The molecule has 0 spiro atoms. The molecule has 2 aliphatic heterocycles. The van der Waals surface area contributed by atoms with Gasteiger partial charge in [-0.05, 0) is 38.0 Å². The Balaban J connectivity index is 1.56. The van der Waals surface area contributed by atoms with Crippen LogP contribution in [0.3, 0.4) is 0 Å². The Labute approximate surface area is 145 Å². The summed E-state index contributed by atoms with van der Waals surface area (Å²) in [6, 6.07) is 0.